The number of halogens is 2. The molecular weight excluding hydrogens is 342 g/mol. The lowest BCUT2D eigenvalue weighted by Crippen LogP contribution is -2.16. The zero-order chi connectivity index (χ0) is 19.3. The normalized spacial score (nSPS) is 11.0. The molecule has 0 radical (unpaired) electrons. The Kier molecular flexibility index (Phi) is 5.95. The number of amides is 2. The number of Topliss-reactive ketones (excluding diaryl/α,β-unsaturated/α-hetero) is 1. The number of hydrogen-bond acceptors (Lipinski definition) is 3. The molecule has 0 atom stereocenters. The Labute approximate surface area is 148 Å². The highest BCUT2D eigenvalue weighted by atomic mass is 19.1. The van der Waals surface area contributed by atoms with Crippen molar-refractivity contribution in [3.8, 4) is 0 Å². The third kappa shape index (κ3) is 5.07. The van der Waals surface area contributed by atoms with Crippen molar-refractivity contribution < 1.29 is 23.2 Å². The van der Waals surface area contributed by atoms with E-state index in [0.29, 0.717) is 11.3 Å². The van der Waals surface area contributed by atoms with Crippen LogP contribution in [0, 0.1) is 11.6 Å². The molecule has 0 fully saturated rings. The van der Waals surface area contributed by atoms with E-state index in [4.69, 9.17) is 0 Å². The van der Waals surface area contributed by atoms with Crippen molar-refractivity contribution in [3.63, 3.8) is 0 Å². The van der Waals surface area contributed by atoms with Crippen molar-refractivity contribution in [1.29, 1.82) is 0 Å². The first-order valence-electron chi connectivity index (χ1n) is 7.63. The van der Waals surface area contributed by atoms with E-state index in [0.717, 1.165) is 24.3 Å². The quantitative estimate of drug-likeness (QED) is 0.632. The predicted molar refractivity (Wildman–Crippen MR) is 93.8 cm³/mol. The number of carbonyl (C=O) groups is 3. The first-order chi connectivity index (χ1) is 12.3. The molecule has 0 bridgehead atoms. The summed E-state index contributed by atoms with van der Waals surface area (Å²) in [5.41, 5.74) is 0.699. The minimum absolute atomic E-state index is 0.0648. The van der Waals surface area contributed by atoms with E-state index >= 15 is 0 Å². The van der Waals surface area contributed by atoms with Crippen LogP contribution in [0.2, 0.25) is 0 Å². The van der Waals surface area contributed by atoms with E-state index in [1.54, 1.807) is 24.3 Å². The van der Waals surface area contributed by atoms with Gasteiger partial charge < -0.3 is 10.6 Å². The van der Waals surface area contributed by atoms with Crippen LogP contribution in [-0.4, -0.2) is 17.6 Å². The van der Waals surface area contributed by atoms with E-state index in [1.165, 1.54) is 13.8 Å². The topological polar surface area (TPSA) is 75.3 Å². The van der Waals surface area contributed by atoms with Crippen LogP contribution in [0.25, 0.3) is 0 Å². The van der Waals surface area contributed by atoms with E-state index in [2.05, 4.69) is 10.6 Å². The van der Waals surface area contributed by atoms with E-state index < -0.39 is 23.4 Å². The molecule has 0 aliphatic rings. The van der Waals surface area contributed by atoms with E-state index in [-0.39, 0.29) is 17.0 Å². The predicted octanol–water partition coefficient (Wildman–Crippen LogP) is 3.69. The zero-order valence-corrected chi connectivity index (χ0v) is 14.1. The van der Waals surface area contributed by atoms with Crippen molar-refractivity contribution in [2.75, 3.05) is 10.6 Å². The number of hydrogen-bond donors (Lipinski definition) is 2. The molecule has 0 aliphatic carbocycles. The van der Waals surface area contributed by atoms with Gasteiger partial charge in [0.2, 0.25) is 5.91 Å². The molecule has 2 amide bonds. The summed E-state index contributed by atoms with van der Waals surface area (Å²) in [5, 5.41) is 4.74. The van der Waals surface area contributed by atoms with Crippen LogP contribution in [0.4, 0.5) is 20.2 Å². The van der Waals surface area contributed by atoms with Gasteiger partial charge in [0.15, 0.2) is 5.78 Å². The Bertz CT molecular complexity index is 890. The Balaban J connectivity index is 2.03. The fourth-order valence-electron chi connectivity index (χ4n) is 2.04. The number of ketones is 1. The lowest BCUT2D eigenvalue weighted by Gasteiger charge is -2.07. The van der Waals surface area contributed by atoms with Crippen LogP contribution in [0.1, 0.15) is 24.2 Å². The summed E-state index contributed by atoms with van der Waals surface area (Å²) >= 11 is 0. The van der Waals surface area contributed by atoms with Gasteiger partial charge in [-0.25, -0.2) is 8.78 Å². The lowest BCUT2D eigenvalue weighted by atomic mass is 10.1. The van der Waals surface area contributed by atoms with Gasteiger partial charge in [-0.15, -0.1) is 0 Å². The Morgan fingerprint density at radius 3 is 2.19 bits per heavy atom. The van der Waals surface area contributed by atoms with E-state index in [1.807, 2.05) is 0 Å². The molecule has 7 heteroatoms. The number of carbonyl (C=O) groups excluding carboxylic acids is 3. The molecule has 0 saturated heterocycles. The van der Waals surface area contributed by atoms with Crippen LogP contribution < -0.4 is 10.6 Å². The molecule has 0 unspecified atom stereocenters. The van der Waals surface area contributed by atoms with E-state index in [9.17, 15) is 23.2 Å². The Morgan fingerprint density at radius 2 is 1.58 bits per heavy atom. The van der Waals surface area contributed by atoms with Gasteiger partial charge in [-0.1, -0.05) is 0 Å². The highest BCUT2D eigenvalue weighted by Gasteiger charge is 2.10. The van der Waals surface area contributed by atoms with Gasteiger partial charge in [0.1, 0.15) is 11.6 Å². The van der Waals surface area contributed by atoms with Gasteiger partial charge in [-0.2, -0.15) is 0 Å². The number of benzene rings is 2. The lowest BCUT2D eigenvalue weighted by molar-refractivity contribution is -0.114. The summed E-state index contributed by atoms with van der Waals surface area (Å²) in [6.07, 6.45) is 0.976. The van der Waals surface area contributed by atoms with Gasteiger partial charge in [0, 0.05) is 29.0 Å². The average molecular weight is 358 g/mol. The molecule has 2 aromatic carbocycles. The molecule has 0 aliphatic heterocycles. The summed E-state index contributed by atoms with van der Waals surface area (Å²) in [5.74, 6) is -2.90. The first-order valence-corrected chi connectivity index (χ1v) is 7.63. The second-order valence-electron chi connectivity index (χ2n) is 5.53. The largest absolute Gasteiger partial charge is 0.322 e. The minimum atomic E-state index is -0.791. The molecular formula is C19H16F2N2O3. The summed E-state index contributed by atoms with van der Waals surface area (Å²) in [6, 6.07) is 8.91. The standard InChI is InChI=1S/C19H16F2N2O3/c1-11(9-18(25)23-17-10-14(20)5-8-16(17)21)19(26)22-15-6-3-13(4-7-15)12(2)24/h3-10H,1-2H3,(H,22,26)(H,23,25)/b11-9-. The Hall–Kier alpha value is -3.35. The molecule has 0 aromatic heterocycles. The molecule has 0 saturated carbocycles. The fraction of sp³-hybridized carbons (Fsp3) is 0.105. The molecule has 5 nitrogen and oxygen atoms in total. The minimum Gasteiger partial charge on any atom is -0.322 e. The summed E-state index contributed by atoms with van der Waals surface area (Å²) in [7, 11) is 0. The zero-order valence-electron chi connectivity index (χ0n) is 14.1. The fourth-order valence-corrected chi connectivity index (χ4v) is 2.04. The van der Waals surface area contributed by atoms with Gasteiger partial charge in [-0.05, 0) is 50.2 Å². The van der Waals surface area contributed by atoms with Crippen molar-refractivity contribution >= 4 is 29.0 Å². The second-order valence-corrected chi connectivity index (χ2v) is 5.53. The maximum Gasteiger partial charge on any atom is 0.251 e. The molecule has 2 N–H and O–H groups in total. The number of rotatable bonds is 5. The van der Waals surface area contributed by atoms with Gasteiger partial charge in [0.05, 0.1) is 5.69 Å². The average Bonchev–Trinajstić information content (AvgIpc) is 2.58. The smallest absolute Gasteiger partial charge is 0.251 e. The second kappa shape index (κ2) is 8.15. The SMILES string of the molecule is CC(=O)c1ccc(NC(=O)/C(C)=C\C(=O)Nc2cc(F)ccc2F)cc1. The van der Waals surface area contributed by atoms with Gasteiger partial charge in [0.25, 0.3) is 5.91 Å². The molecule has 2 rings (SSSR count). The maximum atomic E-state index is 13.5. The highest BCUT2D eigenvalue weighted by Crippen LogP contribution is 2.16. The van der Waals surface area contributed by atoms with Crippen molar-refractivity contribution in [3.05, 3.63) is 71.3 Å². The third-order valence-electron chi connectivity index (χ3n) is 3.44. The number of anilines is 2. The van der Waals surface area contributed by atoms with Gasteiger partial charge >= 0.3 is 0 Å². The first kappa shape index (κ1) is 19.0. The highest BCUT2D eigenvalue weighted by molar-refractivity contribution is 6.10. The number of nitrogens with one attached hydrogen (secondary N) is 2. The third-order valence-corrected chi connectivity index (χ3v) is 3.44. The van der Waals surface area contributed by atoms with Gasteiger partial charge in [-0.3, -0.25) is 14.4 Å². The van der Waals surface area contributed by atoms with Crippen LogP contribution in [0.15, 0.2) is 54.1 Å². The monoisotopic (exact) mass is 358 g/mol. The molecule has 134 valence electrons. The molecule has 0 heterocycles. The van der Waals surface area contributed by atoms with Crippen molar-refractivity contribution in [1.82, 2.24) is 0 Å². The summed E-state index contributed by atoms with van der Waals surface area (Å²) < 4.78 is 26.6. The Morgan fingerprint density at radius 1 is 0.923 bits per heavy atom. The molecule has 26 heavy (non-hydrogen) atoms. The summed E-state index contributed by atoms with van der Waals surface area (Å²) in [6.45, 7) is 2.83. The van der Waals surface area contributed by atoms with Crippen LogP contribution >= 0.6 is 0 Å². The molecule has 0 spiro atoms. The van der Waals surface area contributed by atoms with Crippen molar-refractivity contribution in [2.45, 2.75) is 13.8 Å². The maximum absolute atomic E-state index is 13.5. The van der Waals surface area contributed by atoms with Crippen LogP contribution in [-0.2, 0) is 9.59 Å². The van der Waals surface area contributed by atoms with Crippen molar-refractivity contribution in [2.24, 2.45) is 0 Å². The molecule has 2 aromatic rings. The van der Waals surface area contributed by atoms with Crippen LogP contribution in [0.5, 0.6) is 0 Å². The summed E-state index contributed by atoms with van der Waals surface area (Å²) in [4.78, 5) is 35.2. The van der Waals surface area contributed by atoms with Crippen LogP contribution in [0.3, 0.4) is 0 Å².